The summed E-state index contributed by atoms with van der Waals surface area (Å²) in [5, 5.41) is 12.9. The van der Waals surface area contributed by atoms with Crippen LogP contribution in [0.4, 0.5) is 30.2 Å². The van der Waals surface area contributed by atoms with E-state index in [1.807, 2.05) is 39.0 Å². The van der Waals surface area contributed by atoms with E-state index < -0.39 is 41.7 Å². The molecule has 5 rings (SSSR count). The Morgan fingerprint density at radius 1 is 1.13 bits per heavy atom. The van der Waals surface area contributed by atoms with Gasteiger partial charge in [-0.05, 0) is 50.1 Å². The first-order valence-electron chi connectivity index (χ1n) is 12.4. The van der Waals surface area contributed by atoms with E-state index in [0.717, 1.165) is 22.4 Å². The van der Waals surface area contributed by atoms with Gasteiger partial charge < -0.3 is 15.3 Å². The number of anilines is 2. The van der Waals surface area contributed by atoms with E-state index >= 15 is 0 Å². The van der Waals surface area contributed by atoms with Gasteiger partial charge in [-0.1, -0.05) is 24.3 Å². The molecule has 2 aliphatic heterocycles. The van der Waals surface area contributed by atoms with Crippen molar-refractivity contribution in [3.8, 4) is 11.1 Å². The van der Waals surface area contributed by atoms with Gasteiger partial charge in [-0.15, -0.1) is 0 Å². The molecule has 9 heteroatoms. The number of hydrogen-bond donors (Lipinski definition) is 2. The molecule has 3 aromatic rings. The van der Waals surface area contributed by atoms with Crippen LogP contribution in [0.5, 0.6) is 0 Å². The Hall–Kier alpha value is -4.24. The Kier molecular flexibility index (Phi) is 6.64. The molecule has 0 saturated carbocycles. The lowest BCUT2D eigenvalue weighted by atomic mass is 9.87. The molecule has 2 heterocycles. The summed E-state index contributed by atoms with van der Waals surface area (Å²) in [6.07, 6.45) is 1.96. The lowest BCUT2D eigenvalue weighted by molar-refractivity contribution is -0.120. The van der Waals surface area contributed by atoms with E-state index in [1.54, 1.807) is 19.2 Å². The van der Waals surface area contributed by atoms with Gasteiger partial charge in [-0.3, -0.25) is 14.6 Å². The van der Waals surface area contributed by atoms with Crippen molar-refractivity contribution in [2.45, 2.75) is 26.7 Å². The van der Waals surface area contributed by atoms with Gasteiger partial charge in [0, 0.05) is 52.8 Å². The number of carbonyl (C=O) groups is 2. The van der Waals surface area contributed by atoms with Crippen LogP contribution in [-0.4, -0.2) is 42.7 Å². The maximum Gasteiger partial charge on any atom is 0.252 e. The molecule has 1 atom stereocenters. The molecule has 1 amide bonds. The highest BCUT2D eigenvalue weighted by atomic mass is 19.2. The summed E-state index contributed by atoms with van der Waals surface area (Å²) >= 11 is 0. The van der Waals surface area contributed by atoms with Gasteiger partial charge in [-0.2, -0.15) is 0 Å². The molecule has 3 aromatic carbocycles. The minimum absolute atomic E-state index is 0.163. The lowest BCUT2D eigenvalue weighted by Crippen LogP contribution is -2.29. The predicted molar refractivity (Wildman–Crippen MR) is 145 cm³/mol. The molecule has 0 spiro atoms. The molecule has 0 saturated heterocycles. The van der Waals surface area contributed by atoms with E-state index in [2.05, 4.69) is 5.32 Å². The lowest BCUT2D eigenvalue weighted by Gasteiger charge is -2.25. The average molecular weight is 534 g/mol. The van der Waals surface area contributed by atoms with Crippen molar-refractivity contribution in [3.05, 3.63) is 82.2 Å². The first kappa shape index (κ1) is 26.4. The number of fused-ring (bicyclic) bond motifs is 2. The largest absolute Gasteiger partial charge is 0.387 e. The SMILES string of the molecule is C/C=C1/C(C)=Nc2c1cc(C)c(-c1cccc3c1NCC3C(=O)c1cc(F)c(F)c(F)c1)c2N(C)C(=O)CO. The number of aliphatic hydroxyl groups is 1. The molecule has 1 unspecified atom stereocenters. The zero-order valence-corrected chi connectivity index (χ0v) is 21.8. The molecule has 6 nitrogen and oxygen atoms in total. The van der Waals surface area contributed by atoms with E-state index in [0.29, 0.717) is 45.9 Å². The van der Waals surface area contributed by atoms with Crippen molar-refractivity contribution in [1.29, 1.82) is 0 Å². The summed E-state index contributed by atoms with van der Waals surface area (Å²) in [6, 6.07) is 8.79. The molecular formula is C30H26F3N3O3. The normalized spacial score (nSPS) is 16.6. The highest BCUT2D eigenvalue weighted by Gasteiger charge is 2.34. The van der Waals surface area contributed by atoms with Crippen molar-refractivity contribution in [2.75, 3.05) is 30.4 Å². The third kappa shape index (κ3) is 4.13. The van der Waals surface area contributed by atoms with Crippen molar-refractivity contribution in [3.63, 3.8) is 0 Å². The topological polar surface area (TPSA) is 82.0 Å². The van der Waals surface area contributed by atoms with Crippen LogP contribution in [0.15, 0.2) is 47.5 Å². The fourth-order valence-electron chi connectivity index (χ4n) is 5.51. The molecule has 0 aliphatic carbocycles. The van der Waals surface area contributed by atoms with Gasteiger partial charge in [0.25, 0.3) is 5.91 Å². The van der Waals surface area contributed by atoms with Crippen LogP contribution in [0, 0.1) is 24.4 Å². The van der Waals surface area contributed by atoms with E-state index in [4.69, 9.17) is 4.99 Å². The monoisotopic (exact) mass is 533 g/mol. The zero-order chi connectivity index (χ0) is 28.2. The Morgan fingerprint density at radius 2 is 1.82 bits per heavy atom. The number of aliphatic imine (C=N–C) groups is 1. The Labute approximate surface area is 223 Å². The smallest absolute Gasteiger partial charge is 0.252 e. The van der Waals surface area contributed by atoms with Crippen LogP contribution in [0.1, 0.15) is 46.8 Å². The second-order valence-electron chi connectivity index (χ2n) is 9.65. The number of halogens is 3. The number of rotatable bonds is 5. The van der Waals surface area contributed by atoms with Crippen LogP contribution >= 0.6 is 0 Å². The van der Waals surface area contributed by atoms with Crippen LogP contribution in [-0.2, 0) is 4.79 Å². The zero-order valence-electron chi connectivity index (χ0n) is 21.8. The van der Waals surface area contributed by atoms with Crippen LogP contribution in [0.2, 0.25) is 0 Å². The minimum Gasteiger partial charge on any atom is -0.387 e. The summed E-state index contributed by atoms with van der Waals surface area (Å²) < 4.78 is 41.2. The number of benzene rings is 3. The molecule has 0 radical (unpaired) electrons. The number of ketones is 1. The molecule has 2 aliphatic rings. The maximum atomic E-state index is 13.9. The summed E-state index contributed by atoms with van der Waals surface area (Å²) in [5.41, 5.74) is 6.98. The van der Waals surface area contributed by atoms with Crippen molar-refractivity contribution in [1.82, 2.24) is 0 Å². The molecule has 0 bridgehead atoms. The van der Waals surface area contributed by atoms with Gasteiger partial charge in [0.1, 0.15) is 6.61 Å². The molecule has 0 fully saturated rings. The highest BCUT2D eigenvalue weighted by Crippen LogP contribution is 2.51. The highest BCUT2D eigenvalue weighted by molar-refractivity contribution is 6.30. The molecule has 2 N–H and O–H groups in total. The number of nitrogens with zero attached hydrogens (tertiary/aromatic N) is 2. The molecule has 0 aromatic heterocycles. The Bertz CT molecular complexity index is 1600. The van der Waals surface area contributed by atoms with Crippen molar-refractivity contribution < 1.29 is 27.9 Å². The van der Waals surface area contributed by atoms with Crippen molar-refractivity contribution >= 4 is 40.0 Å². The quantitative estimate of drug-likeness (QED) is 0.314. The van der Waals surface area contributed by atoms with E-state index in [9.17, 15) is 27.9 Å². The fourth-order valence-corrected chi connectivity index (χ4v) is 5.51. The molecular weight excluding hydrogens is 507 g/mol. The number of Topliss-reactive ketones (excluding diaryl/α,β-unsaturated/α-hetero) is 1. The van der Waals surface area contributed by atoms with Crippen LogP contribution in [0.25, 0.3) is 16.7 Å². The van der Waals surface area contributed by atoms with Gasteiger partial charge in [0.15, 0.2) is 23.2 Å². The van der Waals surface area contributed by atoms with Crippen LogP contribution in [0.3, 0.4) is 0 Å². The van der Waals surface area contributed by atoms with Gasteiger partial charge in [0.2, 0.25) is 0 Å². The van der Waals surface area contributed by atoms with Gasteiger partial charge in [0.05, 0.1) is 17.3 Å². The predicted octanol–water partition coefficient (Wildman–Crippen LogP) is 5.94. The number of hydrogen-bond acceptors (Lipinski definition) is 5. The minimum atomic E-state index is -1.63. The van der Waals surface area contributed by atoms with Gasteiger partial charge >= 0.3 is 0 Å². The number of nitrogens with one attached hydrogen (secondary N) is 1. The van der Waals surface area contributed by atoms with Gasteiger partial charge in [-0.25, -0.2) is 13.2 Å². The third-order valence-corrected chi connectivity index (χ3v) is 7.37. The second-order valence-corrected chi connectivity index (χ2v) is 9.65. The van der Waals surface area contributed by atoms with E-state index in [1.165, 1.54) is 4.90 Å². The summed E-state index contributed by atoms with van der Waals surface area (Å²) in [4.78, 5) is 32.2. The number of allylic oxidation sites excluding steroid dienone is 2. The number of likely N-dealkylation sites (N-methyl/N-ethyl adjacent to an activating group) is 1. The standard InChI is InChI=1S/C30H26F3N3O3/c1-5-17-15(3)35-28-20(17)9-14(2)25(29(28)36(4)24(38)13-37)19-8-6-7-18-21(12-34-27(18)19)30(39)16-10-22(31)26(33)23(32)11-16/h5-11,21,34,37H,12-13H2,1-4H3/b17-5-. The number of carbonyl (C=O) groups excluding carboxylic acids is 2. The number of para-hydroxylation sites is 1. The van der Waals surface area contributed by atoms with Crippen molar-refractivity contribution in [2.24, 2.45) is 4.99 Å². The fraction of sp³-hybridized carbons (Fsp3) is 0.233. The summed E-state index contributed by atoms with van der Waals surface area (Å²) in [6.45, 7) is 5.19. The number of aryl methyl sites for hydroxylation is 1. The third-order valence-electron chi connectivity index (χ3n) is 7.37. The van der Waals surface area contributed by atoms with Crippen LogP contribution < -0.4 is 10.2 Å². The van der Waals surface area contributed by atoms with E-state index in [-0.39, 0.29) is 12.1 Å². The maximum absolute atomic E-state index is 13.9. The summed E-state index contributed by atoms with van der Waals surface area (Å²) in [7, 11) is 1.58. The molecule has 39 heavy (non-hydrogen) atoms. The Morgan fingerprint density at radius 3 is 2.46 bits per heavy atom. The summed E-state index contributed by atoms with van der Waals surface area (Å²) in [5.74, 6) is -6.31. The average Bonchev–Trinajstić information content (AvgIpc) is 3.49. The second kappa shape index (κ2) is 9.81. The Balaban J connectivity index is 1.69. The first-order chi connectivity index (χ1) is 18.6. The number of amides is 1. The first-order valence-corrected chi connectivity index (χ1v) is 12.4. The number of aliphatic hydroxyl groups excluding tert-OH is 1. The molecule has 200 valence electrons.